The average Bonchev–Trinajstić information content (AvgIpc) is 2.05. The second-order valence-corrected chi connectivity index (χ2v) is 3.82. The number of ether oxygens (including phenoxy) is 1. The molecular weight excluding hydrogens is 156 g/mol. The molecule has 3 aliphatic rings. The molecule has 0 aromatic carbocycles. The smallest absolute Gasteiger partial charge is 0.307 e. The van der Waals surface area contributed by atoms with Crippen LogP contribution in [0.15, 0.2) is 0 Å². The molecule has 3 heteroatoms. The van der Waals surface area contributed by atoms with E-state index >= 15 is 0 Å². The van der Waals surface area contributed by atoms with Crippen molar-refractivity contribution in [3.63, 3.8) is 0 Å². The van der Waals surface area contributed by atoms with Crippen LogP contribution in [0.5, 0.6) is 0 Å². The Morgan fingerprint density at radius 3 is 2.42 bits per heavy atom. The van der Waals surface area contributed by atoms with Crippen molar-refractivity contribution >= 4 is 5.97 Å². The quantitative estimate of drug-likeness (QED) is 0.675. The third-order valence-corrected chi connectivity index (χ3v) is 3.40. The fourth-order valence-electron chi connectivity index (χ4n) is 2.89. The van der Waals surface area contributed by atoms with Crippen molar-refractivity contribution in [1.29, 1.82) is 0 Å². The number of methoxy groups -OCH3 is 1. The van der Waals surface area contributed by atoms with E-state index in [1.54, 1.807) is 7.11 Å². The molecule has 0 saturated heterocycles. The first-order valence-electron chi connectivity index (χ1n) is 4.51. The second-order valence-electron chi connectivity index (χ2n) is 3.82. The molecule has 3 fully saturated rings. The number of hydrogen-bond donors (Lipinski definition) is 1. The van der Waals surface area contributed by atoms with Crippen LogP contribution in [-0.4, -0.2) is 24.3 Å². The second kappa shape index (κ2) is 2.73. The highest BCUT2D eigenvalue weighted by Gasteiger charge is 2.56. The lowest BCUT2D eigenvalue weighted by atomic mass is 9.55. The van der Waals surface area contributed by atoms with Gasteiger partial charge in [0, 0.05) is 7.11 Å². The van der Waals surface area contributed by atoms with Crippen molar-refractivity contribution < 1.29 is 14.6 Å². The van der Waals surface area contributed by atoms with Crippen LogP contribution in [0.3, 0.4) is 0 Å². The molecule has 2 atom stereocenters. The van der Waals surface area contributed by atoms with Gasteiger partial charge in [-0.2, -0.15) is 0 Å². The minimum absolute atomic E-state index is 0.108. The molecule has 3 saturated carbocycles. The molecule has 2 bridgehead atoms. The first kappa shape index (κ1) is 8.05. The summed E-state index contributed by atoms with van der Waals surface area (Å²) in [7, 11) is 1.69. The SMILES string of the molecule is COC1C2CCCC1C2C(=O)O. The maximum Gasteiger partial charge on any atom is 0.307 e. The highest BCUT2D eigenvalue weighted by molar-refractivity contribution is 5.72. The molecule has 68 valence electrons. The van der Waals surface area contributed by atoms with Gasteiger partial charge in [-0.05, 0) is 24.7 Å². The summed E-state index contributed by atoms with van der Waals surface area (Å²) in [6.07, 6.45) is 3.48. The van der Waals surface area contributed by atoms with E-state index in [-0.39, 0.29) is 12.0 Å². The standard InChI is InChI=1S/C9H14O3/c1-12-8-5-3-2-4-6(8)7(5)9(10)11/h5-8H,2-4H2,1H3,(H,10,11). The maximum atomic E-state index is 10.8. The van der Waals surface area contributed by atoms with E-state index in [4.69, 9.17) is 9.84 Å². The zero-order valence-corrected chi connectivity index (χ0v) is 7.19. The van der Waals surface area contributed by atoms with Crippen molar-refractivity contribution in [2.75, 3.05) is 7.11 Å². The average molecular weight is 170 g/mol. The number of fused-ring (bicyclic) bond motifs is 2. The summed E-state index contributed by atoms with van der Waals surface area (Å²) in [5, 5.41) is 8.90. The minimum atomic E-state index is -0.627. The molecule has 2 unspecified atom stereocenters. The molecule has 1 N–H and O–H groups in total. The summed E-state index contributed by atoms with van der Waals surface area (Å²) < 4.78 is 5.27. The third-order valence-electron chi connectivity index (χ3n) is 3.40. The molecule has 3 rings (SSSR count). The Hall–Kier alpha value is -0.570. The highest BCUT2D eigenvalue weighted by atomic mass is 16.5. The van der Waals surface area contributed by atoms with E-state index in [0.29, 0.717) is 11.8 Å². The Morgan fingerprint density at radius 2 is 2.00 bits per heavy atom. The van der Waals surface area contributed by atoms with Gasteiger partial charge in [0.15, 0.2) is 0 Å². The molecule has 0 aromatic heterocycles. The fourth-order valence-corrected chi connectivity index (χ4v) is 2.89. The Morgan fingerprint density at radius 1 is 1.42 bits per heavy atom. The first-order chi connectivity index (χ1) is 5.75. The Kier molecular flexibility index (Phi) is 1.83. The number of rotatable bonds is 2. The summed E-state index contributed by atoms with van der Waals surface area (Å²) in [4.78, 5) is 10.8. The third kappa shape index (κ3) is 0.891. The molecule has 0 aliphatic heterocycles. The molecule has 0 amide bonds. The van der Waals surface area contributed by atoms with Crippen LogP contribution in [0.25, 0.3) is 0 Å². The van der Waals surface area contributed by atoms with Gasteiger partial charge in [-0.3, -0.25) is 4.79 Å². The summed E-state index contributed by atoms with van der Waals surface area (Å²) in [6, 6.07) is 0. The van der Waals surface area contributed by atoms with E-state index in [1.807, 2.05) is 0 Å². The molecule has 3 nitrogen and oxygen atoms in total. The van der Waals surface area contributed by atoms with Crippen LogP contribution in [0.1, 0.15) is 19.3 Å². The zero-order valence-electron chi connectivity index (χ0n) is 7.19. The Bertz CT molecular complexity index is 190. The van der Waals surface area contributed by atoms with Gasteiger partial charge in [0.1, 0.15) is 0 Å². The largest absolute Gasteiger partial charge is 0.481 e. The molecular formula is C9H14O3. The van der Waals surface area contributed by atoms with Crippen LogP contribution in [-0.2, 0) is 9.53 Å². The van der Waals surface area contributed by atoms with E-state index in [0.717, 1.165) is 12.8 Å². The Balaban J connectivity index is 2.09. The van der Waals surface area contributed by atoms with Crippen LogP contribution in [0, 0.1) is 17.8 Å². The van der Waals surface area contributed by atoms with Gasteiger partial charge in [-0.15, -0.1) is 0 Å². The van der Waals surface area contributed by atoms with E-state index in [1.165, 1.54) is 6.42 Å². The number of hydrogen-bond acceptors (Lipinski definition) is 2. The van der Waals surface area contributed by atoms with Gasteiger partial charge in [-0.25, -0.2) is 0 Å². The number of aliphatic carboxylic acids is 1. The molecule has 0 aromatic rings. The van der Waals surface area contributed by atoms with Crippen LogP contribution < -0.4 is 0 Å². The van der Waals surface area contributed by atoms with Gasteiger partial charge in [-0.1, -0.05) is 6.42 Å². The molecule has 0 spiro atoms. The van der Waals surface area contributed by atoms with Crippen molar-refractivity contribution in [3.8, 4) is 0 Å². The normalized spacial score (nSPS) is 45.1. The zero-order chi connectivity index (χ0) is 8.72. The van der Waals surface area contributed by atoms with Crippen LogP contribution in [0.4, 0.5) is 0 Å². The lowest BCUT2D eigenvalue weighted by Crippen LogP contribution is -2.57. The van der Waals surface area contributed by atoms with Crippen molar-refractivity contribution in [3.05, 3.63) is 0 Å². The van der Waals surface area contributed by atoms with E-state index in [9.17, 15) is 4.79 Å². The predicted octanol–water partition coefficient (Wildman–Crippen LogP) is 1.13. The van der Waals surface area contributed by atoms with Gasteiger partial charge in [0.2, 0.25) is 0 Å². The summed E-state index contributed by atoms with van der Waals surface area (Å²) in [5.74, 6) is -0.140. The number of carbonyl (C=O) groups is 1. The molecule has 0 heterocycles. The van der Waals surface area contributed by atoms with Crippen molar-refractivity contribution in [2.24, 2.45) is 17.8 Å². The molecule has 3 aliphatic carbocycles. The van der Waals surface area contributed by atoms with Crippen molar-refractivity contribution in [1.82, 2.24) is 0 Å². The van der Waals surface area contributed by atoms with Gasteiger partial charge < -0.3 is 9.84 Å². The van der Waals surface area contributed by atoms with Crippen LogP contribution >= 0.6 is 0 Å². The van der Waals surface area contributed by atoms with Crippen LogP contribution in [0.2, 0.25) is 0 Å². The topological polar surface area (TPSA) is 46.5 Å². The fraction of sp³-hybridized carbons (Fsp3) is 0.889. The lowest BCUT2D eigenvalue weighted by molar-refractivity contribution is -0.185. The maximum absolute atomic E-state index is 10.8. The highest BCUT2D eigenvalue weighted by Crippen LogP contribution is 2.52. The molecule has 12 heavy (non-hydrogen) atoms. The lowest BCUT2D eigenvalue weighted by Gasteiger charge is -2.53. The summed E-state index contributed by atoms with van der Waals surface area (Å²) in [5.41, 5.74) is 0. The monoisotopic (exact) mass is 170 g/mol. The van der Waals surface area contributed by atoms with Gasteiger partial charge >= 0.3 is 5.97 Å². The van der Waals surface area contributed by atoms with Crippen molar-refractivity contribution in [2.45, 2.75) is 25.4 Å². The van der Waals surface area contributed by atoms with Gasteiger partial charge in [0.25, 0.3) is 0 Å². The first-order valence-corrected chi connectivity index (χ1v) is 4.51. The van der Waals surface area contributed by atoms with E-state index < -0.39 is 5.97 Å². The van der Waals surface area contributed by atoms with E-state index in [2.05, 4.69) is 0 Å². The summed E-state index contributed by atoms with van der Waals surface area (Å²) >= 11 is 0. The molecule has 0 radical (unpaired) electrons. The predicted molar refractivity (Wildman–Crippen MR) is 42.8 cm³/mol. The summed E-state index contributed by atoms with van der Waals surface area (Å²) in [6.45, 7) is 0. The number of carboxylic acids is 1. The van der Waals surface area contributed by atoms with Gasteiger partial charge in [0.05, 0.1) is 12.0 Å². The minimum Gasteiger partial charge on any atom is -0.481 e. The number of carboxylic acid groups (broad SMARTS) is 1. The Labute approximate surface area is 71.7 Å².